The van der Waals surface area contributed by atoms with Crippen LogP contribution in [0, 0.1) is 6.92 Å². The summed E-state index contributed by atoms with van der Waals surface area (Å²) in [5, 5.41) is 9.06. The summed E-state index contributed by atoms with van der Waals surface area (Å²) in [7, 11) is 1.39. The monoisotopic (exact) mass is 367 g/mol. The van der Waals surface area contributed by atoms with E-state index in [2.05, 4.69) is 41.4 Å². The van der Waals surface area contributed by atoms with Crippen molar-refractivity contribution in [3.05, 3.63) is 71.5 Å². The summed E-state index contributed by atoms with van der Waals surface area (Å²) in [5.74, 6) is 0.555. The smallest absolute Gasteiger partial charge is 0.318 e. The van der Waals surface area contributed by atoms with Crippen LogP contribution in [0.3, 0.4) is 0 Å². The lowest BCUT2D eigenvalue weighted by molar-refractivity contribution is -0.139. The van der Waals surface area contributed by atoms with Crippen LogP contribution in [0.4, 0.5) is 0 Å². The number of methoxy groups -OCH3 is 1. The Labute approximate surface area is 157 Å². The van der Waals surface area contributed by atoms with Gasteiger partial charge in [0.15, 0.2) is 5.16 Å². The Bertz CT molecular complexity index is 893. The minimum absolute atomic E-state index is 0.279. The third kappa shape index (κ3) is 4.14. The van der Waals surface area contributed by atoms with Crippen LogP contribution in [0.1, 0.15) is 23.9 Å². The first kappa shape index (κ1) is 18.2. The number of benzene rings is 2. The highest BCUT2D eigenvalue weighted by atomic mass is 32.2. The number of aromatic nitrogens is 3. The number of aryl methyl sites for hydroxylation is 1. The van der Waals surface area contributed by atoms with Gasteiger partial charge in [-0.15, -0.1) is 10.2 Å². The van der Waals surface area contributed by atoms with E-state index in [1.807, 2.05) is 41.8 Å². The van der Waals surface area contributed by atoms with E-state index < -0.39 is 0 Å². The van der Waals surface area contributed by atoms with Crippen molar-refractivity contribution in [2.75, 3.05) is 7.11 Å². The molecule has 0 aliphatic rings. The van der Waals surface area contributed by atoms with Crippen molar-refractivity contribution >= 4 is 17.7 Å². The number of nitrogens with zero attached hydrogens (tertiary/aromatic N) is 3. The predicted molar refractivity (Wildman–Crippen MR) is 103 cm³/mol. The molecule has 26 heavy (non-hydrogen) atoms. The van der Waals surface area contributed by atoms with E-state index in [4.69, 9.17) is 4.74 Å². The third-order valence-corrected chi connectivity index (χ3v) is 5.00. The fraction of sp³-hybridized carbons (Fsp3) is 0.250. The van der Waals surface area contributed by atoms with E-state index in [0.717, 1.165) is 22.6 Å². The molecule has 0 fully saturated rings. The minimum atomic E-state index is -0.364. The van der Waals surface area contributed by atoms with Crippen LogP contribution in [-0.4, -0.2) is 33.1 Å². The maximum Gasteiger partial charge on any atom is 0.318 e. The SMILES string of the molecule is COC(=O)C(C)Sc1nnc(Cc2ccccc2)n1-c1cccc(C)c1. The summed E-state index contributed by atoms with van der Waals surface area (Å²) in [4.78, 5) is 11.8. The molecule has 1 unspecified atom stereocenters. The molecular formula is C20H21N3O2S. The summed E-state index contributed by atoms with van der Waals surface area (Å²) in [6, 6.07) is 18.3. The molecule has 5 nitrogen and oxygen atoms in total. The van der Waals surface area contributed by atoms with Gasteiger partial charge in [-0.25, -0.2) is 0 Å². The highest BCUT2D eigenvalue weighted by molar-refractivity contribution is 8.00. The molecule has 0 saturated heterocycles. The maximum absolute atomic E-state index is 11.8. The molecule has 0 aliphatic carbocycles. The molecule has 0 amide bonds. The van der Waals surface area contributed by atoms with Crippen molar-refractivity contribution in [2.45, 2.75) is 30.7 Å². The molecule has 0 spiro atoms. The van der Waals surface area contributed by atoms with Crippen molar-refractivity contribution in [1.82, 2.24) is 14.8 Å². The lowest BCUT2D eigenvalue weighted by Gasteiger charge is -2.13. The van der Waals surface area contributed by atoms with Gasteiger partial charge in [-0.2, -0.15) is 0 Å². The van der Waals surface area contributed by atoms with Gasteiger partial charge in [-0.05, 0) is 37.1 Å². The number of esters is 1. The van der Waals surface area contributed by atoms with Crippen LogP contribution in [0.15, 0.2) is 59.8 Å². The Hall–Kier alpha value is -2.60. The summed E-state index contributed by atoms with van der Waals surface area (Å²) < 4.78 is 6.85. The van der Waals surface area contributed by atoms with Crippen LogP contribution in [0.25, 0.3) is 5.69 Å². The number of thioether (sulfide) groups is 1. The topological polar surface area (TPSA) is 57.0 Å². The van der Waals surface area contributed by atoms with Gasteiger partial charge in [-0.3, -0.25) is 9.36 Å². The molecule has 3 rings (SSSR count). The Morgan fingerprint density at radius 3 is 2.62 bits per heavy atom. The third-order valence-electron chi connectivity index (χ3n) is 3.98. The van der Waals surface area contributed by atoms with E-state index in [-0.39, 0.29) is 11.2 Å². The molecule has 0 radical (unpaired) electrons. The number of carbonyl (C=O) groups is 1. The van der Waals surface area contributed by atoms with Gasteiger partial charge < -0.3 is 4.74 Å². The minimum Gasteiger partial charge on any atom is -0.468 e. The van der Waals surface area contributed by atoms with Crippen molar-refractivity contribution in [1.29, 1.82) is 0 Å². The molecule has 6 heteroatoms. The van der Waals surface area contributed by atoms with Crippen LogP contribution >= 0.6 is 11.8 Å². The van der Waals surface area contributed by atoms with Crippen molar-refractivity contribution in [3.8, 4) is 5.69 Å². The van der Waals surface area contributed by atoms with Gasteiger partial charge in [0.05, 0.1) is 7.11 Å². The van der Waals surface area contributed by atoms with Gasteiger partial charge in [-0.1, -0.05) is 54.2 Å². The molecule has 1 heterocycles. The van der Waals surface area contributed by atoms with Crippen molar-refractivity contribution in [2.24, 2.45) is 0 Å². The van der Waals surface area contributed by atoms with E-state index in [1.54, 1.807) is 0 Å². The standard InChI is InChI=1S/C20H21N3O2S/c1-14-8-7-11-17(12-14)23-18(13-16-9-5-4-6-10-16)21-22-20(23)26-15(2)19(24)25-3/h4-12,15H,13H2,1-3H3. The van der Waals surface area contributed by atoms with E-state index in [1.165, 1.54) is 18.9 Å². The van der Waals surface area contributed by atoms with E-state index in [9.17, 15) is 4.79 Å². The molecule has 0 N–H and O–H groups in total. The normalized spacial score (nSPS) is 12.0. The quantitative estimate of drug-likeness (QED) is 0.490. The van der Waals surface area contributed by atoms with E-state index >= 15 is 0 Å². The highest BCUT2D eigenvalue weighted by Gasteiger charge is 2.21. The Morgan fingerprint density at radius 2 is 1.92 bits per heavy atom. The first-order chi connectivity index (χ1) is 12.6. The van der Waals surface area contributed by atoms with Gasteiger partial charge in [0.2, 0.25) is 0 Å². The Balaban J connectivity index is 2.00. The molecule has 1 atom stereocenters. The van der Waals surface area contributed by atoms with Gasteiger partial charge >= 0.3 is 5.97 Å². The zero-order chi connectivity index (χ0) is 18.5. The molecule has 0 aliphatic heterocycles. The molecule has 134 valence electrons. The molecule has 2 aromatic carbocycles. The van der Waals surface area contributed by atoms with E-state index in [0.29, 0.717) is 11.6 Å². The van der Waals surface area contributed by atoms with Crippen LogP contribution in [0.2, 0.25) is 0 Å². The number of hydrogen-bond donors (Lipinski definition) is 0. The molecule has 3 aromatic rings. The number of carbonyl (C=O) groups excluding carboxylic acids is 1. The summed E-state index contributed by atoms with van der Waals surface area (Å²) in [6.07, 6.45) is 0.662. The average molecular weight is 367 g/mol. The summed E-state index contributed by atoms with van der Waals surface area (Å²) in [5.41, 5.74) is 3.30. The second kappa shape index (κ2) is 8.19. The van der Waals surface area contributed by atoms with Gasteiger partial charge in [0, 0.05) is 12.1 Å². The van der Waals surface area contributed by atoms with Gasteiger partial charge in [0.25, 0.3) is 0 Å². The Kier molecular flexibility index (Phi) is 5.73. The Morgan fingerprint density at radius 1 is 1.15 bits per heavy atom. The van der Waals surface area contributed by atoms with Gasteiger partial charge in [0.1, 0.15) is 11.1 Å². The fourth-order valence-electron chi connectivity index (χ4n) is 2.67. The number of hydrogen-bond acceptors (Lipinski definition) is 5. The molecular weight excluding hydrogens is 346 g/mol. The lowest BCUT2D eigenvalue weighted by Crippen LogP contribution is -2.16. The predicted octanol–water partition coefficient (Wildman–Crippen LogP) is 3.82. The number of rotatable bonds is 6. The summed E-state index contributed by atoms with van der Waals surface area (Å²) in [6.45, 7) is 3.86. The zero-order valence-electron chi connectivity index (χ0n) is 15.0. The zero-order valence-corrected chi connectivity index (χ0v) is 15.9. The fourth-order valence-corrected chi connectivity index (χ4v) is 3.58. The summed E-state index contributed by atoms with van der Waals surface area (Å²) >= 11 is 1.35. The first-order valence-electron chi connectivity index (χ1n) is 8.38. The second-order valence-corrected chi connectivity index (χ2v) is 7.33. The lowest BCUT2D eigenvalue weighted by atomic mass is 10.1. The van der Waals surface area contributed by atoms with Crippen LogP contribution < -0.4 is 0 Å². The molecule has 0 saturated carbocycles. The van der Waals surface area contributed by atoms with Crippen molar-refractivity contribution < 1.29 is 9.53 Å². The average Bonchev–Trinajstić information content (AvgIpc) is 3.03. The largest absolute Gasteiger partial charge is 0.468 e. The first-order valence-corrected chi connectivity index (χ1v) is 9.26. The van der Waals surface area contributed by atoms with Crippen LogP contribution in [-0.2, 0) is 16.0 Å². The second-order valence-electron chi connectivity index (χ2n) is 6.02. The molecule has 0 bridgehead atoms. The maximum atomic E-state index is 11.8. The van der Waals surface area contributed by atoms with Crippen molar-refractivity contribution in [3.63, 3.8) is 0 Å². The van der Waals surface area contributed by atoms with Crippen LogP contribution in [0.5, 0.6) is 0 Å². The highest BCUT2D eigenvalue weighted by Crippen LogP contribution is 2.27. The number of ether oxygens (including phenoxy) is 1. The molecule has 1 aromatic heterocycles.